The average molecular weight is 654 g/mol. The van der Waals surface area contributed by atoms with E-state index < -0.39 is 34.6 Å². The van der Waals surface area contributed by atoms with Gasteiger partial charge in [-0.3, -0.25) is 4.98 Å². The predicted molar refractivity (Wildman–Crippen MR) is 184 cm³/mol. The Labute approximate surface area is 277 Å². The van der Waals surface area contributed by atoms with Crippen molar-refractivity contribution in [1.29, 1.82) is 0 Å². The Morgan fingerprint density at radius 3 is 1.55 bits per heavy atom. The number of anilines is 3. The maximum absolute atomic E-state index is 14.4. The van der Waals surface area contributed by atoms with Crippen molar-refractivity contribution < 1.29 is 22.0 Å². The lowest BCUT2D eigenvalue weighted by Gasteiger charge is -2.25. The van der Waals surface area contributed by atoms with Crippen molar-refractivity contribution in [2.45, 2.75) is 0 Å². The number of halogens is 5. The van der Waals surface area contributed by atoms with Crippen molar-refractivity contribution in [3.05, 3.63) is 175 Å². The molecule has 49 heavy (non-hydrogen) atoms. The van der Waals surface area contributed by atoms with E-state index in [-0.39, 0.29) is 5.56 Å². The van der Waals surface area contributed by atoms with Gasteiger partial charge >= 0.3 is 0 Å². The molecule has 0 atom stereocenters. The van der Waals surface area contributed by atoms with Gasteiger partial charge in [0.1, 0.15) is 0 Å². The summed E-state index contributed by atoms with van der Waals surface area (Å²) in [5.41, 5.74) is 6.37. The number of aromatic nitrogens is 2. The molecule has 0 saturated carbocycles. The minimum absolute atomic E-state index is 0.121. The Morgan fingerprint density at radius 2 is 0.959 bits per heavy atom. The van der Waals surface area contributed by atoms with Gasteiger partial charge in [-0.15, -0.1) is 0 Å². The number of benzene rings is 6. The van der Waals surface area contributed by atoms with Gasteiger partial charge in [0, 0.05) is 45.9 Å². The van der Waals surface area contributed by atoms with Crippen molar-refractivity contribution in [2.24, 2.45) is 0 Å². The highest BCUT2D eigenvalue weighted by molar-refractivity contribution is 6.10. The van der Waals surface area contributed by atoms with Crippen LogP contribution in [0.15, 0.2) is 146 Å². The van der Waals surface area contributed by atoms with E-state index in [0.29, 0.717) is 5.56 Å². The summed E-state index contributed by atoms with van der Waals surface area (Å²) in [6, 6.07) is 42.4. The van der Waals surface area contributed by atoms with E-state index in [0.717, 1.165) is 50.1 Å². The molecule has 0 N–H and O–H groups in total. The molecule has 0 bridgehead atoms. The van der Waals surface area contributed by atoms with Gasteiger partial charge < -0.3 is 9.47 Å². The highest BCUT2D eigenvalue weighted by Crippen LogP contribution is 2.40. The topological polar surface area (TPSA) is 21.1 Å². The molecule has 238 valence electrons. The number of hydrogen-bond donors (Lipinski definition) is 0. The fourth-order valence-corrected chi connectivity index (χ4v) is 6.36. The molecule has 0 fully saturated rings. The zero-order valence-corrected chi connectivity index (χ0v) is 25.6. The molecule has 6 aromatic carbocycles. The van der Waals surface area contributed by atoms with E-state index in [2.05, 4.69) is 56.9 Å². The Hall–Kier alpha value is -6.28. The summed E-state index contributed by atoms with van der Waals surface area (Å²) in [7, 11) is 0. The quantitative estimate of drug-likeness (QED) is 0.101. The van der Waals surface area contributed by atoms with Gasteiger partial charge in [0.15, 0.2) is 23.3 Å². The van der Waals surface area contributed by atoms with Gasteiger partial charge in [0.2, 0.25) is 5.82 Å². The molecular weight excluding hydrogens is 629 g/mol. The number of pyridine rings is 1. The monoisotopic (exact) mass is 653 g/mol. The molecule has 8 aromatic rings. The van der Waals surface area contributed by atoms with Crippen molar-refractivity contribution in [1.82, 2.24) is 9.55 Å². The number of nitrogens with zero attached hydrogens (tertiary/aromatic N) is 3. The van der Waals surface area contributed by atoms with Gasteiger partial charge in [0.25, 0.3) is 0 Å². The van der Waals surface area contributed by atoms with Crippen molar-refractivity contribution >= 4 is 38.9 Å². The second kappa shape index (κ2) is 12.1. The first-order valence-corrected chi connectivity index (χ1v) is 15.4. The molecule has 0 aliphatic heterocycles. The minimum atomic E-state index is -2.18. The number of para-hydroxylation sites is 2. The molecular formula is C41H24F5N3. The van der Waals surface area contributed by atoms with Crippen LogP contribution in [0.2, 0.25) is 0 Å². The van der Waals surface area contributed by atoms with Crippen LogP contribution < -0.4 is 4.90 Å². The second-order valence-electron chi connectivity index (χ2n) is 11.5. The summed E-state index contributed by atoms with van der Waals surface area (Å²) in [4.78, 5) is 6.65. The first-order chi connectivity index (χ1) is 23.9. The highest BCUT2D eigenvalue weighted by atomic mass is 19.2. The van der Waals surface area contributed by atoms with Crippen LogP contribution in [0.5, 0.6) is 0 Å². The standard InChI is InChI=1S/C41H24F5N3/c42-37-36(38(43)40(45)41(46)39(37)44)27-13-11-25(12-14-27)26-15-17-30(18-16-26)49-34-20-19-31(23-32(34)33-24-47-22-21-35(33)49)48(28-7-3-1-4-8-28)29-9-5-2-6-10-29/h1-24H. The summed E-state index contributed by atoms with van der Waals surface area (Å²) in [5.74, 6) is -9.87. The van der Waals surface area contributed by atoms with E-state index in [9.17, 15) is 22.0 Å². The Kier molecular flexibility index (Phi) is 7.41. The van der Waals surface area contributed by atoms with Crippen LogP contribution in [0, 0.1) is 29.1 Å². The largest absolute Gasteiger partial charge is 0.310 e. The molecule has 3 nitrogen and oxygen atoms in total. The van der Waals surface area contributed by atoms with E-state index >= 15 is 0 Å². The van der Waals surface area contributed by atoms with Gasteiger partial charge in [-0.2, -0.15) is 0 Å². The lowest BCUT2D eigenvalue weighted by molar-refractivity contribution is 0.381. The molecule has 2 heterocycles. The van der Waals surface area contributed by atoms with Crippen LogP contribution in [-0.2, 0) is 0 Å². The van der Waals surface area contributed by atoms with E-state index in [1.54, 1.807) is 18.3 Å². The SMILES string of the molecule is Fc1c(F)c(F)c(-c2ccc(-c3ccc(-n4c5ccncc5c5cc(N(c6ccccc6)c6ccccc6)ccc54)cc3)cc2)c(F)c1F. The molecule has 0 amide bonds. The van der Waals surface area contributed by atoms with Crippen LogP contribution in [0.4, 0.5) is 39.0 Å². The Bertz CT molecular complexity index is 2410. The molecule has 0 aliphatic carbocycles. The molecule has 0 unspecified atom stereocenters. The molecule has 0 radical (unpaired) electrons. The molecule has 2 aromatic heterocycles. The Balaban J connectivity index is 1.18. The van der Waals surface area contributed by atoms with Gasteiger partial charge in [-0.1, -0.05) is 72.8 Å². The zero-order valence-electron chi connectivity index (χ0n) is 25.6. The fourth-order valence-electron chi connectivity index (χ4n) is 6.36. The van der Waals surface area contributed by atoms with E-state index in [4.69, 9.17) is 0 Å². The molecule has 0 aliphatic rings. The minimum Gasteiger partial charge on any atom is -0.310 e. The van der Waals surface area contributed by atoms with Crippen LogP contribution in [0.3, 0.4) is 0 Å². The third kappa shape index (κ3) is 5.09. The highest BCUT2D eigenvalue weighted by Gasteiger charge is 2.26. The maximum atomic E-state index is 14.4. The summed E-state index contributed by atoms with van der Waals surface area (Å²) in [6.07, 6.45) is 3.63. The lowest BCUT2D eigenvalue weighted by atomic mass is 9.99. The summed E-state index contributed by atoms with van der Waals surface area (Å²) < 4.78 is 72.1. The van der Waals surface area contributed by atoms with Crippen molar-refractivity contribution in [2.75, 3.05) is 4.90 Å². The smallest absolute Gasteiger partial charge is 0.200 e. The van der Waals surface area contributed by atoms with Crippen LogP contribution in [0.25, 0.3) is 49.7 Å². The van der Waals surface area contributed by atoms with Gasteiger partial charge in [-0.25, -0.2) is 22.0 Å². The summed E-state index contributed by atoms with van der Waals surface area (Å²) >= 11 is 0. The molecule has 8 rings (SSSR count). The third-order valence-electron chi connectivity index (χ3n) is 8.68. The number of hydrogen-bond acceptors (Lipinski definition) is 2. The molecule has 0 saturated heterocycles. The molecule has 8 heteroatoms. The normalized spacial score (nSPS) is 11.4. The molecule has 0 spiro atoms. The number of fused-ring (bicyclic) bond motifs is 3. The van der Waals surface area contributed by atoms with Crippen molar-refractivity contribution in [3.63, 3.8) is 0 Å². The van der Waals surface area contributed by atoms with Gasteiger partial charge in [0.05, 0.1) is 16.6 Å². The van der Waals surface area contributed by atoms with E-state index in [1.165, 1.54) is 12.1 Å². The zero-order chi connectivity index (χ0) is 33.6. The first kappa shape index (κ1) is 30.1. The second-order valence-corrected chi connectivity index (χ2v) is 11.5. The third-order valence-corrected chi connectivity index (χ3v) is 8.68. The maximum Gasteiger partial charge on any atom is 0.200 e. The van der Waals surface area contributed by atoms with Gasteiger partial charge in [-0.05, 0) is 77.4 Å². The van der Waals surface area contributed by atoms with Crippen LogP contribution >= 0.6 is 0 Å². The van der Waals surface area contributed by atoms with Crippen molar-refractivity contribution in [3.8, 4) is 27.9 Å². The van der Waals surface area contributed by atoms with Crippen LogP contribution in [0.1, 0.15) is 0 Å². The lowest BCUT2D eigenvalue weighted by Crippen LogP contribution is -2.09. The number of rotatable bonds is 6. The summed E-state index contributed by atoms with van der Waals surface area (Å²) in [5, 5.41) is 2.03. The van der Waals surface area contributed by atoms with E-state index in [1.807, 2.05) is 72.9 Å². The summed E-state index contributed by atoms with van der Waals surface area (Å²) in [6.45, 7) is 0. The fraction of sp³-hybridized carbons (Fsp3) is 0. The Morgan fingerprint density at radius 1 is 0.449 bits per heavy atom. The average Bonchev–Trinajstić information content (AvgIpc) is 3.48. The van der Waals surface area contributed by atoms with Crippen LogP contribution in [-0.4, -0.2) is 9.55 Å². The predicted octanol–water partition coefficient (Wildman–Crippen LogP) is 11.7. The first-order valence-electron chi connectivity index (χ1n) is 15.4.